The van der Waals surface area contributed by atoms with E-state index in [1.54, 1.807) is 0 Å². The summed E-state index contributed by atoms with van der Waals surface area (Å²) in [6.07, 6.45) is -74.8. The van der Waals surface area contributed by atoms with Crippen LogP contribution in [0.5, 0.6) is 0 Å². The van der Waals surface area contributed by atoms with Gasteiger partial charge in [0.2, 0.25) is 23.6 Å². The predicted octanol–water partition coefficient (Wildman–Crippen LogP) is -16.6. The first-order valence-corrected chi connectivity index (χ1v) is 33.5. The Hall–Kier alpha value is -4.09. The second kappa shape index (κ2) is 36.8. The fraction of sp³-hybridized carbons (Fsp3) is 0.915. The Morgan fingerprint density at radius 2 is 0.790 bits per heavy atom. The van der Waals surface area contributed by atoms with E-state index in [1.807, 2.05) is 0 Å². The molecule has 0 aromatic carbocycles. The number of hydrogen-bond acceptors (Lipinski definition) is 41. The lowest BCUT2D eigenvalue weighted by atomic mass is 9.88. The van der Waals surface area contributed by atoms with Gasteiger partial charge in [-0.3, -0.25) is 19.2 Å². The van der Waals surface area contributed by atoms with Gasteiger partial charge in [-0.05, 0) is 13.8 Å². The van der Waals surface area contributed by atoms with Gasteiger partial charge in [0.05, 0.1) is 64.0 Å². The van der Waals surface area contributed by atoms with E-state index in [9.17, 15) is 136 Å². The first-order valence-electron chi connectivity index (χ1n) is 33.5. The molecule has 8 saturated heterocycles. The highest BCUT2D eigenvalue weighted by molar-refractivity contribution is 5.77. The Morgan fingerprint density at radius 3 is 1.25 bits per heavy atom. The number of aliphatic carboxylic acids is 1. The van der Waals surface area contributed by atoms with Crippen LogP contribution < -0.4 is 21.3 Å². The van der Waals surface area contributed by atoms with Crippen LogP contribution in [0.3, 0.4) is 0 Å². The highest BCUT2D eigenvalue weighted by Crippen LogP contribution is 2.42. The zero-order chi connectivity index (χ0) is 77.9. The zero-order valence-corrected chi connectivity index (χ0v) is 57.0. The van der Waals surface area contributed by atoms with Gasteiger partial charge in [-0.2, -0.15) is 0 Å². The minimum atomic E-state index is -3.30. The van der Waals surface area contributed by atoms with Gasteiger partial charge in [0, 0.05) is 34.1 Å². The van der Waals surface area contributed by atoms with Crippen LogP contribution in [-0.4, -0.2) is 433 Å². The number of rotatable bonds is 27. The van der Waals surface area contributed by atoms with E-state index in [-0.39, 0.29) is 0 Å². The minimum absolute atomic E-state index is 0.867. The van der Waals surface area contributed by atoms with Crippen LogP contribution in [0.4, 0.5) is 0 Å². The van der Waals surface area contributed by atoms with Crippen LogP contribution in [0, 0.1) is 0 Å². The van der Waals surface area contributed by atoms with E-state index < -0.39 is 327 Å². The quantitative estimate of drug-likeness (QED) is 0.0363. The van der Waals surface area contributed by atoms with Crippen molar-refractivity contribution in [2.75, 3.05) is 39.6 Å². The average molecular weight is 1540 g/mol. The van der Waals surface area contributed by atoms with Crippen molar-refractivity contribution in [3.05, 3.63) is 0 Å². The number of hydrogen-bond donors (Lipinski definition) is 26. The second-order valence-electron chi connectivity index (χ2n) is 26.8. The lowest BCUT2D eigenvalue weighted by molar-refractivity contribution is -0.392. The van der Waals surface area contributed by atoms with E-state index in [1.165, 1.54) is 13.8 Å². The molecule has 8 aliphatic heterocycles. The van der Waals surface area contributed by atoms with Crippen LogP contribution in [0.1, 0.15) is 48.0 Å². The van der Waals surface area contributed by atoms with Crippen molar-refractivity contribution in [2.24, 2.45) is 0 Å². The molecule has 26 N–H and O–H groups in total. The fourth-order valence-electron chi connectivity index (χ4n) is 13.6. The van der Waals surface area contributed by atoms with Crippen molar-refractivity contribution in [2.45, 2.75) is 299 Å². The highest BCUT2D eigenvalue weighted by Gasteiger charge is 2.63. The van der Waals surface area contributed by atoms with Crippen molar-refractivity contribution < 1.29 is 207 Å². The van der Waals surface area contributed by atoms with Gasteiger partial charge in [-0.1, -0.05) is 0 Å². The second-order valence-corrected chi connectivity index (χ2v) is 26.8. The molecule has 46 nitrogen and oxygen atoms in total. The van der Waals surface area contributed by atoms with Gasteiger partial charge >= 0.3 is 5.97 Å². The number of amides is 4. The summed E-state index contributed by atoms with van der Waals surface area (Å²) in [6, 6.07) is -7.50. The molecule has 0 spiro atoms. The van der Waals surface area contributed by atoms with Crippen molar-refractivity contribution >= 4 is 29.6 Å². The van der Waals surface area contributed by atoms with Gasteiger partial charge < -0.3 is 205 Å². The summed E-state index contributed by atoms with van der Waals surface area (Å²) in [5, 5.41) is 252. The molecule has 0 aromatic rings. The number of carbonyl (C=O) groups is 5. The third-order valence-corrected chi connectivity index (χ3v) is 19.1. The molecule has 41 atom stereocenters. The number of ether oxygens (including phenoxy) is 15. The first kappa shape index (κ1) is 86.5. The lowest BCUT2D eigenvalue weighted by Gasteiger charge is -2.52. The van der Waals surface area contributed by atoms with E-state index in [0.29, 0.717) is 0 Å². The van der Waals surface area contributed by atoms with Gasteiger partial charge in [0.25, 0.3) is 5.79 Å². The van der Waals surface area contributed by atoms with Crippen molar-refractivity contribution in [1.29, 1.82) is 0 Å². The molecule has 0 unspecified atom stereocenters. The molecule has 105 heavy (non-hydrogen) atoms. The highest BCUT2D eigenvalue weighted by atomic mass is 16.8. The van der Waals surface area contributed by atoms with Crippen molar-refractivity contribution in [3.8, 4) is 0 Å². The SMILES string of the molecule is CC(=O)N[C@@H]1[C@@H](O[C@@H]2O[C@H](CO)[C@@H](O[C@@H]3O[C@H](CO)[C@H](O)[C@H](O)[C@H]3O)[C@H](O[C@@H]3O[C@@H](C)[C@@H](O)[C@@H](O)[C@@H]3O)[C@H]2NC(C)=O)[C@@H](O)[C@@H](CO[C@@H]2O[C@H](CO)[C@@H](O[C@@H]3O[C@H](CO)[C@H](O)[C@H](O[C@]4(C(=O)O)C[C@H](O)[C@@H](NC(C)=O)[C@H]([C@H](O)[C@H](O)CO)O4)[C@H]3O)[C@H](O[C@@H]3O[C@@H](C)[C@@H](O)[C@@H](O)[C@@H]3O)[C@H]2NC(C)=O)O[C@@H]1O. The standard InChI is InChI=1S/C59H98N4O42/c1-14-31(75)37(81)40(84)54(92-14)102-48-29(62-18(5)71)52(97-24(11-67)44(48)100-57-43(87)50(35(79)23(10-66)96-57)105-59(58(89)90)7-20(73)27(60-16(3)69)47(104-59)33(77)21(74)8-64)91-13-26-36(80)46(28(51(88)94-26)61-17(4)70)101-53-30(63-19(6)72)49(103-55-41(85)38(82)32(76)15(2)93-55)45(25(12-68)98-53)99-56-42(86)39(83)34(78)22(9-65)95-56/h14-15,20-57,64-68,73-88H,7-13H2,1-6H3,(H,60,69)(H,61,70)(H,62,71)(H,63,72)(H,89,90)/t14-,15-,20-,21+,22+,23+,24+,25+,26+,27+,28+,29+,30+,31+,32+,33+,34-,35-,36-,37+,38+,39-,40-,41-,42+,43+,44+,45+,46+,47+,48+,49+,50-,51-,52+,53-,54-,55-,56-,57-,59-/m0/s1. The Bertz CT molecular complexity index is 2830. The van der Waals surface area contributed by atoms with E-state index in [2.05, 4.69) is 21.3 Å². The maximum Gasteiger partial charge on any atom is 0.364 e. The minimum Gasteiger partial charge on any atom is -0.477 e. The molecule has 4 amide bonds. The summed E-state index contributed by atoms with van der Waals surface area (Å²) in [5.74, 6) is -9.15. The van der Waals surface area contributed by atoms with Crippen LogP contribution in [0.25, 0.3) is 0 Å². The maximum atomic E-state index is 13.4. The lowest BCUT2D eigenvalue weighted by Crippen LogP contribution is -2.72. The monoisotopic (exact) mass is 1530 g/mol. The third-order valence-electron chi connectivity index (χ3n) is 19.1. The normalized spacial score (nSPS) is 47.5. The largest absolute Gasteiger partial charge is 0.477 e. The Labute approximate surface area is 595 Å². The summed E-state index contributed by atoms with van der Waals surface area (Å²) in [6.45, 7) is -0.503. The number of carbonyl (C=O) groups excluding carboxylic acids is 4. The van der Waals surface area contributed by atoms with Gasteiger partial charge in [0.15, 0.2) is 44.0 Å². The number of carboxylic acid groups (broad SMARTS) is 1. The Morgan fingerprint density at radius 1 is 0.410 bits per heavy atom. The number of aliphatic hydroxyl groups excluding tert-OH is 21. The molecule has 0 aromatic heterocycles. The molecule has 8 heterocycles. The Kier molecular flexibility index (Phi) is 30.3. The molecule has 8 rings (SSSR count). The molecule has 8 fully saturated rings. The smallest absolute Gasteiger partial charge is 0.364 e. The van der Waals surface area contributed by atoms with Crippen LogP contribution >= 0.6 is 0 Å². The molecule has 606 valence electrons. The zero-order valence-electron chi connectivity index (χ0n) is 57.0. The fourth-order valence-corrected chi connectivity index (χ4v) is 13.6. The number of nitrogens with one attached hydrogen (secondary N) is 4. The van der Waals surface area contributed by atoms with Gasteiger partial charge in [-0.15, -0.1) is 0 Å². The average Bonchev–Trinajstić information content (AvgIpc) is 0.753. The Balaban J connectivity index is 1.13. The number of aliphatic hydroxyl groups is 21. The topological polar surface area (TPSA) is 717 Å². The summed E-state index contributed by atoms with van der Waals surface area (Å²) >= 11 is 0. The van der Waals surface area contributed by atoms with Crippen LogP contribution in [0.2, 0.25) is 0 Å². The molecule has 0 aliphatic carbocycles. The van der Waals surface area contributed by atoms with Crippen LogP contribution in [-0.2, 0) is 95.0 Å². The molecule has 46 heteroatoms. The summed E-state index contributed by atoms with van der Waals surface area (Å²) < 4.78 is 89.8. The van der Waals surface area contributed by atoms with Gasteiger partial charge in [0.1, 0.15) is 177 Å². The molecule has 0 radical (unpaired) electrons. The predicted molar refractivity (Wildman–Crippen MR) is 325 cm³/mol. The van der Waals surface area contributed by atoms with Crippen molar-refractivity contribution in [3.63, 3.8) is 0 Å². The molecular weight excluding hydrogens is 1440 g/mol. The van der Waals surface area contributed by atoms with Gasteiger partial charge in [-0.25, -0.2) is 4.79 Å². The molecular formula is C59H98N4O42. The molecule has 8 aliphatic rings. The molecule has 0 bridgehead atoms. The summed E-state index contributed by atoms with van der Waals surface area (Å²) in [4.78, 5) is 65.2. The van der Waals surface area contributed by atoms with Crippen LogP contribution in [0.15, 0.2) is 0 Å². The van der Waals surface area contributed by atoms with E-state index in [4.69, 9.17) is 71.1 Å². The number of carboxylic acids is 1. The molecule has 0 saturated carbocycles. The van der Waals surface area contributed by atoms with E-state index in [0.717, 1.165) is 27.7 Å². The summed E-state index contributed by atoms with van der Waals surface area (Å²) in [5.41, 5.74) is 0. The van der Waals surface area contributed by atoms with E-state index >= 15 is 0 Å². The third kappa shape index (κ3) is 19.1. The maximum absolute atomic E-state index is 13.4. The first-order chi connectivity index (χ1) is 49.4. The van der Waals surface area contributed by atoms with Crippen molar-refractivity contribution in [1.82, 2.24) is 21.3 Å². The summed E-state index contributed by atoms with van der Waals surface area (Å²) in [7, 11) is 0.